The number of aromatic nitrogens is 1. The van der Waals surface area contributed by atoms with E-state index in [2.05, 4.69) is 4.98 Å². The Morgan fingerprint density at radius 1 is 1.42 bits per heavy atom. The summed E-state index contributed by atoms with van der Waals surface area (Å²) in [7, 11) is 0. The summed E-state index contributed by atoms with van der Waals surface area (Å²) in [6, 6.07) is 5.93. The molecule has 2 aromatic rings. The Kier molecular flexibility index (Phi) is 2.22. The minimum Gasteiger partial charge on any atom is -0.225 e. The standard InChI is InChI=1S/C8H5Cl2NS/c9-4-5-2-1-3-6-7(5)11-8(10)12-6/h1-3H,4H2. The summed E-state index contributed by atoms with van der Waals surface area (Å²) in [6.45, 7) is 0. The first kappa shape index (κ1) is 8.30. The van der Waals surface area contributed by atoms with Crippen LogP contribution in [-0.2, 0) is 5.88 Å². The van der Waals surface area contributed by atoms with Crippen LogP contribution in [0.15, 0.2) is 18.2 Å². The van der Waals surface area contributed by atoms with E-state index in [1.54, 1.807) is 0 Å². The van der Waals surface area contributed by atoms with Gasteiger partial charge in [0, 0.05) is 5.88 Å². The summed E-state index contributed by atoms with van der Waals surface area (Å²) >= 11 is 13.0. The molecule has 0 spiro atoms. The SMILES string of the molecule is ClCc1cccc2sc(Cl)nc12. The molecule has 0 unspecified atom stereocenters. The minimum absolute atomic E-state index is 0.484. The molecule has 0 N–H and O–H groups in total. The number of halogens is 2. The van der Waals surface area contributed by atoms with Gasteiger partial charge in [-0.1, -0.05) is 23.7 Å². The van der Waals surface area contributed by atoms with Crippen molar-refractivity contribution in [1.82, 2.24) is 4.98 Å². The molecule has 2 rings (SSSR count). The van der Waals surface area contributed by atoms with E-state index in [9.17, 15) is 0 Å². The smallest absolute Gasteiger partial charge is 0.184 e. The van der Waals surface area contributed by atoms with Crippen molar-refractivity contribution in [3.05, 3.63) is 28.2 Å². The third kappa shape index (κ3) is 1.30. The van der Waals surface area contributed by atoms with E-state index < -0.39 is 0 Å². The zero-order valence-corrected chi connectivity index (χ0v) is 8.38. The predicted octanol–water partition coefficient (Wildman–Crippen LogP) is 3.69. The maximum Gasteiger partial charge on any atom is 0.184 e. The Morgan fingerprint density at radius 3 is 3.00 bits per heavy atom. The molecule has 0 saturated heterocycles. The fraction of sp³-hybridized carbons (Fsp3) is 0.125. The Hall–Kier alpha value is -0.310. The van der Waals surface area contributed by atoms with E-state index in [1.165, 1.54) is 11.3 Å². The zero-order chi connectivity index (χ0) is 8.55. The number of rotatable bonds is 1. The average molecular weight is 218 g/mol. The van der Waals surface area contributed by atoms with Gasteiger partial charge in [0.2, 0.25) is 0 Å². The number of thiazole rings is 1. The van der Waals surface area contributed by atoms with Gasteiger partial charge >= 0.3 is 0 Å². The molecule has 1 nitrogen and oxygen atoms in total. The highest BCUT2D eigenvalue weighted by molar-refractivity contribution is 7.22. The van der Waals surface area contributed by atoms with Crippen LogP contribution in [0.5, 0.6) is 0 Å². The van der Waals surface area contributed by atoms with Gasteiger partial charge in [0.25, 0.3) is 0 Å². The quantitative estimate of drug-likeness (QED) is 0.665. The summed E-state index contributed by atoms with van der Waals surface area (Å²) in [5, 5.41) is 0. The normalized spacial score (nSPS) is 10.8. The van der Waals surface area contributed by atoms with E-state index in [0.29, 0.717) is 10.3 Å². The van der Waals surface area contributed by atoms with Gasteiger partial charge in [0.15, 0.2) is 4.47 Å². The van der Waals surface area contributed by atoms with Crippen LogP contribution in [0, 0.1) is 0 Å². The summed E-state index contributed by atoms with van der Waals surface area (Å²) in [5.74, 6) is 0.484. The molecule has 0 amide bonds. The topological polar surface area (TPSA) is 12.9 Å². The first-order chi connectivity index (χ1) is 5.81. The molecule has 4 heteroatoms. The van der Waals surface area contributed by atoms with E-state index >= 15 is 0 Å². The lowest BCUT2D eigenvalue weighted by Gasteiger charge is -1.93. The first-order valence-electron chi connectivity index (χ1n) is 3.41. The van der Waals surface area contributed by atoms with Crippen molar-refractivity contribution in [1.29, 1.82) is 0 Å². The van der Waals surface area contributed by atoms with Gasteiger partial charge in [-0.2, -0.15) is 0 Å². The van der Waals surface area contributed by atoms with Crippen LogP contribution in [0.25, 0.3) is 10.2 Å². The minimum atomic E-state index is 0.484. The first-order valence-corrected chi connectivity index (χ1v) is 5.14. The molecule has 62 valence electrons. The number of hydrogen-bond donors (Lipinski definition) is 0. The van der Waals surface area contributed by atoms with Gasteiger partial charge in [-0.25, -0.2) is 4.98 Å². The molecule has 0 aliphatic carbocycles. The number of hydrogen-bond acceptors (Lipinski definition) is 2. The maximum absolute atomic E-state index is 5.78. The Morgan fingerprint density at radius 2 is 2.25 bits per heavy atom. The highest BCUT2D eigenvalue weighted by atomic mass is 35.5. The van der Waals surface area contributed by atoms with Crippen LogP contribution in [0.2, 0.25) is 4.47 Å². The monoisotopic (exact) mass is 217 g/mol. The lowest BCUT2D eigenvalue weighted by atomic mass is 10.2. The van der Waals surface area contributed by atoms with Crippen LogP contribution >= 0.6 is 34.5 Å². The van der Waals surface area contributed by atoms with Gasteiger partial charge in [0.05, 0.1) is 10.2 Å². The van der Waals surface area contributed by atoms with Crippen LogP contribution in [0.4, 0.5) is 0 Å². The Balaban J connectivity index is 2.78. The molecular formula is C8H5Cl2NS. The summed E-state index contributed by atoms with van der Waals surface area (Å²) < 4.78 is 1.67. The number of alkyl halides is 1. The van der Waals surface area contributed by atoms with Crippen molar-refractivity contribution in [3.8, 4) is 0 Å². The Bertz CT molecular complexity index is 410. The summed E-state index contributed by atoms with van der Waals surface area (Å²) in [6.07, 6.45) is 0. The molecule has 0 aliphatic rings. The second-order valence-corrected chi connectivity index (χ2v) is 4.24. The highest BCUT2D eigenvalue weighted by Gasteiger charge is 2.04. The number of fused-ring (bicyclic) bond motifs is 1. The lowest BCUT2D eigenvalue weighted by Crippen LogP contribution is -1.78. The number of benzene rings is 1. The zero-order valence-electron chi connectivity index (χ0n) is 6.05. The van der Waals surface area contributed by atoms with Gasteiger partial charge < -0.3 is 0 Å². The van der Waals surface area contributed by atoms with Gasteiger partial charge in [-0.05, 0) is 11.6 Å². The average Bonchev–Trinajstić information content (AvgIpc) is 2.44. The van der Waals surface area contributed by atoms with E-state index in [0.717, 1.165) is 15.8 Å². The van der Waals surface area contributed by atoms with Gasteiger partial charge in [-0.15, -0.1) is 22.9 Å². The number of nitrogens with zero attached hydrogens (tertiary/aromatic N) is 1. The molecule has 0 atom stereocenters. The van der Waals surface area contributed by atoms with Crippen LogP contribution in [-0.4, -0.2) is 4.98 Å². The van der Waals surface area contributed by atoms with E-state index in [1.807, 2.05) is 18.2 Å². The molecule has 1 heterocycles. The summed E-state index contributed by atoms with van der Waals surface area (Å²) in [4.78, 5) is 4.18. The van der Waals surface area contributed by atoms with Gasteiger partial charge in [0.1, 0.15) is 0 Å². The maximum atomic E-state index is 5.78. The summed E-state index contributed by atoms with van der Waals surface area (Å²) in [5.41, 5.74) is 1.97. The molecule has 1 aromatic carbocycles. The number of para-hydroxylation sites is 1. The van der Waals surface area contributed by atoms with E-state index in [-0.39, 0.29) is 0 Å². The van der Waals surface area contributed by atoms with Crippen molar-refractivity contribution in [2.45, 2.75) is 5.88 Å². The van der Waals surface area contributed by atoms with Crippen LogP contribution < -0.4 is 0 Å². The molecule has 0 saturated carbocycles. The predicted molar refractivity (Wildman–Crippen MR) is 54.2 cm³/mol. The second kappa shape index (κ2) is 3.21. The Labute approximate surface area is 83.9 Å². The van der Waals surface area contributed by atoms with Gasteiger partial charge in [-0.3, -0.25) is 0 Å². The fourth-order valence-corrected chi connectivity index (χ4v) is 2.37. The molecule has 0 aliphatic heterocycles. The largest absolute Gasteiger partial charge is 0.225 e. The van der Waals surface area contributed by atoms with Crippen molar-refractivity contribution >= 4 is 44.8 Å². The van der Waals surface area contributed by atoms with Crippen molar-refractivity contribution < 1.29 is 0 Å². The molecular weight excluding hydrogens is 213 g/mol. The molecule has 0 bridgehead atoms. The molecule has 0 fully saturated rings. The van der Waals surface area contributed by atoms with Crippen LogP contribution in [0.1, 0.15) is 5.56 Å². The van der Waals surface area contributed by atoms with E-state index in [4.69, 9.17) is 23.2 Å². The molecule has 12 heavy (non-hydrogen) atoms. The second-order valence-electron chi connectivity index (χ2n) is 2.36. The lowest BCUT2D eigenvalue weighted by molar-refractivity contribution is 1.39. The van der Waals surface area contributed by atoms with Crippen molar-refractivity contribution in [2.75, 3.05) is 0 Å². The third-order valence-corrected chi connectivity index (χ3v) is 3.03. The van der Waals surface area contributed by atoms with Crippen molar-refractivity contribution in [3.63, 3.8) is 0 Å². The van der Waals surface area contributed by atoms with Crippen LogP contribution in [0.3, 0.4) is 0 Å². The fourth-order valence-electron chi connectivity index (χ4n) is 1.09. The molecule has 0 radical (unpaired) electrons. The van der Waals surface area contributed by atoms with Crippen molar-refractivity contribution in [2.24, 2.45) is 0 Å². The third-order valence-electron chi connectivity index (χ3n) is 1.62. The highest BCUT2D eigenvalue weighted by Crippen LogP contribution is 2.28. The molecule has 1 aromatic heterocycles.